The number of hydrogen-bond donors (Lipinski definition) is 2. The van der Waals surface area contributed by atoms with E-state index < -0.39 is 18.0 Å². The van der Waals surface area contributed by atoms with Crippen LogP contribution >= 0.6 is 23.2 Å². The summed E-state index contributed by atoms with van der Waals surface area (Å²) in [5, 5.41) is 6.63. The number of nitrogens with one attached hydrogen (secondary N) is 2. The number of halogens is 2. The van der Waals surface area contributed by atoms with Crippen molar-refractivity contribution < 1.29 is 19.1 Å². The SMILES string of the molecule is COC(=O)C1=C(c2ccccc2)NC(=O)NC1c1ccc(OCc2ccc(Cl)cc2Cl)cc1. The Morgan fingerprint density at radius 1 is 1.00 bits per heavy atom. The molecule has 0 bridgehead atoms. The summed E-state index contributed by atoms with van der Waals surface area (Å²) in [6.07, 6.45) is 0. The first-order valence-corrected chi connectivity index (χ1v) is 10.8. The summed E-state index contributed by atoms with van der Waals surface area (Å²) < 4.78 is 10.9. The normalized spacial score (nSPS) is 15.5. The van der Waals surface area contributed by atoms with Gasteiger partial charge in [0.25, 0.3) is 0 Å². The summed E-state index contributed by atoms with van der Waals surface area (Å²) >= 11 is 12.1. The van der Waals surface area contributed by atoms with E-state index in [0.717, 1.165) is 5.56 Å². The monoisotopic (exact) mass is 482 g/mol. The highest BCUT2D eigenvalue weighted by atomic mass is 35.5. The van der Waals surface area contributed by atoms with Crippen LogP contribution in [0, 0.1) is 0 Å². The van der Waals surface area contributed by atoms with Gasteiger partial charge in [-0.05, 0) is 35.4 Å². The smallest absolute Gasteiger partial charge is 0.338 e. The van der Waals surface area contributed by atoms with Gasteiger partial charge in [0.05, 0.1) is 24.4 Å². The van der Waals surface area contributed by atoms with Gasteiger partial charge in [-0.3, -0.25) is 0 Å². The summed E-state index contributed by atoms with van der Waals surface area (Å²) in [7, 11) is 1.31. The fourth-order valence-corrected chi connectivity index (χ4v) is 4.00. The maximum Gasteiger partial charge on any atom is 0.338 e. The Hall–Kier alpha value is -3.48. The highest BCUT2D eigenvalue weighted by molar-refractivity contribution is 6.35. The zero-order valence-electron chi connectivity index (χ0n) is 17.6. The molecule has 168 valence electrons. The van der Waals surface area contributed by atoms with Crippen molar-refractivity contribution in [2.45, 2.75) is 12.6 Å². The molecule has 0 saturated carbocycles. The summed E-state index contributed by atoms with van der Waals surface area (Å²) in [5.41, 5.74) is 2.94. The maximum atomic E-state index is 12.7. The average molecular weight is 483 g/mol. The predicted molar refractivity (Wildman–Crippen MR) is 127 cm³/mol. The molecule has 0 saturated heterocycles. The largest absolute Gasteiger partial charge is 0.489 e. The number of hydrogen-bond acceptors (Lipinski definition) is 4. The van der Waals surface area contributed by atoms with Gasteiger partial charge in [0, 0.05) is 15.6 Å². The first-order valence-electron chi connectivity index (χ1n) is 10.1. The van der Waals surface area contributed by atoms with E-state index in [0.29, 0.717) is 38.2 Å². The fourth-order valence-electron chi connectivity index (χ4n) is 3.53. The molecular weight excluding hydrogens is 463 g/mol. The molecule has 1 heterocycles. The Labute approximate surface area is 201 Å². The summed E-state index contributed by atoms with van der Waals surface area (Å²) in [4.78, 5) is 25.1. The molecule has 0 fully saturated rings. The predicted octanol–water partition coefficient (Wildman–Crippen LogP) is 5.51. The van der Waals surface area contributed by atoms with E-state index in [1.54, 1.807) is 36.4 Å². The molecule has 2 N–H and O–H groups in total. The van der Waals surface area contributed by atoms with Gasteiger partial charge in [-0.1, -0.05) is 71.7 Å². The molecule has 33 heavy (non-hydrogen) atoms. The van der Waals surface area contributed by atoms with Gasteiger partial charge in [0.1, 0.15) is 12.4 Å². The topological polar surface area (TPSA) is 76.7 Å². The van der Waals surface area contributed by atoms with E-state index in [1.165, 1.54) is 7.11 Å². The van der Waals surface area contributed by atoms with Gasteiger partial charge in [0.2, 0.25) is 0 Å². The zero-order chi connectivity index (χ0) is 23.4. The Morgan fingerprint density at radius 3 is 2.39 bits per heavy atom. The van der Waals surface area contributed by atoms with E-state index in [-0.39, 0.29) is 6.61 Å². The standard InChI is InChI=1S/C25H20Cl2N2O4/c1-32-24(30)21-22(15-5-3-2-4-6-15)28-25(31)29-23(21)16-8-11-19(12-9-16)33-14-17-7-10-18(26)13-20(17)27/h2-13,23H,14H2,1H3,(H2,28,29,31). The van der Waals surface area contributed by atoms with Crippen LogP contribution in [-0.2, 0) is 16.1 Å². The molecule has 4 rings (SSSR count). The van der Waals surface area contributed by atoms with E-state index in [4.69, 9.17) is 32.7 Å². The van der Waals surface area contributed by atoms with Crippen LogP contribution in [0.4, 0.5) is 4.79 Å². The Balaban J connectivity index is 1.61. The highest BCUT2D eigenvalue weighted by Crippen LogP contribution is 2.33. The van der Waals surface area contributed by atoms with Gasteiger partial charge in [-0.2, -0.15) is 0 Å². The van der Waals surface area contributed by atoms with E-state index in [1.807, 2.05) is 36.4 Å². The third-order valence-corrected chi connectivity index (χ3v) is 5.75. The van der Waals surface area contributed by atoms with Crippen LogP contribution in [0.25, 0.3) is 5.70 Å². The minimum Gasteiger partial charge on any atom is -0.489 e. The second-order valence-electron chi connectivity index (χ2n) is 7.27. The van der Waals surface area contributed by atoms with Crippen LogP contribution in [0.5, 0.6) is 5.75 Å². The molecule has 1 aliphatic heterocycles. The average Bonchev–Trinajstić information content (AvgIpc) is 2.83. The molecule has 2 amide bonds. The Kier molecular flexibility index (Phi) is 6.87. The molecule has 6 nitrogen and oxygen atoms in total. The molecule has 3 aromatic rings. The van der Waals surface area contributed by atoms with Crippen LogP contribution in [0.3, 0.4) is 0 Å². The third-order valence-electron chi connectivity index (χ3n) is 5.16. The van der Waals surface area contributed by atoms with Gasteiger partial charge in [-0.15, -0.1) is 0 Å². The number of ether oxygens (including phenoxy) is 2. The van der Waals surface area contributed by atoms with Gasteiger partial charge in [-0.25, -0.2) is 9.59 Å². The first-order chi connectivity index (χ1) is 16.0. The number of carbonyl (C=O) groups is 2. The van der Waals surface area contributed by atoms with Crippen LogP contribution < -0.4 is 15.4 Å². The first kappa shape index (κ1) is 22.7. The lowest BCUT2D eigenvalue weighted by atomic mass is 9.92. The van der Waals surface area contributed by atoms with Crippen molar-refractivity contribution in [1.82, 2.24) is 10.6 Å². The minimum absolute atomic E-state index is 0.269. The number of benzene rings is 3. The van der Waals surface area contributed by atoms with Crippen molar-refractivity contribution in [2.75, 3.05) is 7.11 Å². The molecule has 1 unspecified atom stereocenters. The van der Waals surface area contributed by atoms with Crippen molar-refractivity contribution in [3.05, 3.63) is 105 Å². The molecule has 0 radical (unpaired) electrons. The van der Waals surface area contributed by atoms with E-state index in [9.17, 15) is 9.59 Å². The quantitative estimate of drug-likeness (QED) is 0.454. The molecule has 0 aromatic heterocycles. The van der Waals surface area contributed by atoms with Gasteiger partial charge in [0.15, 0.2) is 0 Å². The Bertz CT molecular complexity index is 1210. The molecule has 1 aliphatic rings. The molecular formula is C25H20Cl2N2O4. The number of esters is 1. The number of amides is 2. The minimum atomic E-state index is -0.693. The van der Waals surface area contributed by atoms with Crippen LogP contribution in [0.1, 0.15) is 22.7 Å². The lowest BCUT2D eigenvalue weighted by Gasteiger charge is -2.29. The van der Waals surface area contributed by atoms with Crippen molar-refractivity contribution in [2.24, 2.45) is 0 Å². The fraction of sp³-hybridized carbons (Fsp3) is 0.120. The highest BCUT2D eigenvalue weighted by Gasteiger charge is 2.34. The zero-order valence-corrected chi connectivity index (χ0v) is 19.1. The number of rotatable bonds is 6. The Morgan fingerprint density at radius 2 is 1.73 bits per heavy atom. The second-order valence-corrected chi connectivity index (χ2v) is 8.11. The van der Waals surface area contributed by atoms with Gasteiger partial charge >= 0.3 is 12.0 Å². The lowest BCUT2D eigenvalue weighted by molar-refractivity contribution is -0.136. The lowest BCUT2D eigenvalue weighted by Crippen LogP contribution is -2.45. The molecule has 8 heteroatoms. The van der Waals surface area contributed by atoms with E-state index in [2.05, 4.69) is 10.6 Å². The van der Waals surface area contributed by atoms with Crippen molar-refractivity contribution in [3.8, 4) is 5.75 Å². The molecule has 0 aliphatic carbocycles. The maximum absolute atomic E-state index is 12.7. The molecule has 0 spiro atoms. The summed E-state index contributed by atoms with van der Waals surface area (Å²) in [5.74, 6) is 0.0703. The number of methoxy groups -OCH3 is 1. The molecule has 3 aromatic carbocycles. The molecule has 1 atom stereocenters. The number of urea groups is 1. The number of carbonyl (C=O) groups excluding carboxylic acids is 2. The van der Waals surface area contributed by atoms with Gasteiger partial charge < -0.3 is 20.1 Å². The van der Waals surface area contributed by atoms with Crippen LogP contribution in [0.2, 0.25) is 10.0 Å². The van der Waals surface area contributed by atoms with Crippen molar-refractivity contribution in [3.63, 3.8) is 0 Å². The van der Waals surface area contributed by atoms with Crippen LogP contribution in [0.15, 0.2) is 78.4 Å². The summed E-state index contributed by atoms with van der Waals surface area (Å²) in [6, 6.07) is 20.4. The van der Waals surface area contributed by atoms with Crippen LogP contribution in [-0.4, -0.2) is 19.1 Å². The van der Waals surface area contributed by atoms with Crippen molar-refractivity contribution >= 4 is 40.9 Å². The third kappa shape index (κ3) is 5.13. The van der Waals surface area contributed by atoms with Crippen molar-refractivity contribution in [1.29, 1.82) is 0 Å². The van der Waals surface area contributed by atoms with E-state index >= 15 is 0 Å². The summed E-state index contributed by atoms with van der Waals surface area (Å²) in [6.45, 7) is 0.269. The second kappa shape index (κ2) is 9.98.